The van der Waals surface area contributed by atoms with Gasteiger partial charge in [-0.05, 0) is 12.0 Å². The average molecular weight is 153 g/mol. The lowest BCUT2D eigenvalue weighted by molar-refractivity contribution is 0.836. The smallest absolute Gasteiger partial charge is 0.115 e. The van der Waals surface area contributed by atoms with Crippen molar-refractivity contribution in [2.75, 3.05) is 0 Å². The van der Waals surface area contributed by atoms with Crippen LogP contribution in [-0.2, 0) is 0 Å². The molecule has 0 N–H and O–H groups in total. The Hall–Kier alpha value is -0.630. The zero-order valence-electron chi connectivity index (χ0n) is 6.24. The number of rotatable bonds is 2. The Bertz CT molecular complexity index is 199. The second-order valence-corrected chi connectivity index (χ2v) is 3.40. The molecule has 0 unspecified atom stereocenters. The summed E-state index contributed by atoms with van der Waals surface area (Å²) < 4.78 is 0. The van der Waals surface area contributed by atoms with Gasteiger partial charge >= 0.3 is 0 Å². The summed E-state index contributed by atoms with van der Waals surface area (Å²) in [5.41, 5.74) is 0. The number of aromatic nitrogens is 1. The average Bonchev–Trinajstić information content (AvgIpc) is 2.34. The maximum absolute atomic E-state index is 4.12. The standard InChI is InChI=1S/C8H11NS/c1-7(2)3-4-8-9-5-6-10-8/h3-7H,1-2H3/b4-3+. The van der Waals surface area contributed by atoms with E-state index in [1.807, 2.05) is 11.6 Å². The van der Waals surface area contributed by atoms with E-state index in [0.29, 0.717) is 5.92 Å². The molecule has 0 aliphatic heterocycles. The van der Waals surface area contributed by atoms with E-state index in [1.165, 1.54) is 0 Å². The molecule has 2 heteroatoms. The fourth-order valence-corrected chi connectivity index (χ4v) is 1.13. The normalized spacial score (nSPS) is 11.5. The van der Waals surface area contributed by atoms with E-state index in [2.05, 4.69) is 31.0 Å². The summed E-state index contributed by atoms with van der Waals surface area (Å²) in [6.07, 6.45) is 6.04. The maximum atomic E-state index is 4.12. The molecule has 0 aliphatic rings. The minimum Gasteiger partial charge on any atom is -0.245 e. The maximum Gasteiger partial charge on any atom is 0.115 e. The van der Waals surface area contributed by atoms with Crippen molar-refractivity contribution < 1.29 is 0 Å². The number of allylic oxidation sites excluding steroid dienone is 1. The molecule has 0 radical (unpaired) electrons. The van der Waals surface area contributed by atoms with Crippen molar-refractivity contribution in [3.63, 3.8) is 0 Å². The summed E-state index contributed by atoms with van der Waals surface area (Å²) in [4.78, 5) is 4.12. The minimum absolute atomic E-state index is 0.615. The third kappa shape index (κ3) is 2.31. The molecule has 0 bridgehead atoms. The molecule has 1 aromatic heterocycles. The second-order valence-electron chi connectivity index (χ2n) is 2.47. The molecule has 10 heavy (non-hydrogen) atoms. The molecular weight excluding hydrogens is 142 g/mol. The van der Waals surface area contributed by atoms with Crippen molar-refractivity contribution in [1.82, 2.24) is 4.98 Å². The van der Waals surface area contributed by atoms with E-state index in [-0.39, 0.29) is 0 Å². The van der Waals surface area contributed by atoms with Crippen LogP contribution in [0.1, 0.15) is 18.9 Å². The van der Waals surface area contributed by atoms with Gasteiger partial charge in [-0.1, -0.05) is 19.9 Å². The highest BCUT2D eigenvalue weighted by molar-refractivity contribution is 7.10. The van der Waals surface area contributed by atoms with Crippen LogP contribution >= 0.6 is 11.3 Å². The zero-order chi connectivity index (χ0) is 7.40. The van der Waals surface area contributed by atoms with Gasteiger partial charge in [0.1, 0.15) is 5.01 Å². The number of hydrogen-bond donors (Lipinski definition) is 0. The Morgan fingerprint density at radius 1 is 1.60 bits per heavy atom. The Morgan fingerprint density at radius 2 is 2.40 bits per heavy atom. The predicted octanol–water partition coefficient (Wildman–Crippen LogP) is 2.81. The van der Waals surface area contributed by atoms with E-state index in [9.17, 15) is 0 Å². The lowest BCUT2D eigenvalue weighted by atomic mass is 10.2. The number of hydrogen-bond acceptors (Lipinski definition) is 2. The van der Waals surface area contributed by atoms with Crippen LogP contribution in [-0.4, -0.2) is 4.98 Å². The van der Waals surface area contributed by atoms with Gasteiger partial charge in [0.2, 0.25) is 0 Å². The molecule has 1 aromatic rings. The molecule has 0 atom stereocenters. The van der Waals surface area contributed by atoms with Crippen LogP contribution in [0.25, 0.3) is 6.08 Å². The van der Waals surface area contributed by atoms with Crippen LogP contribution in [0.4, 0.5) is 0 Å². The van der Waals surface area contributed by atoms with E-state index in [0.717, 1.165) is 5.01 Å². The lowest BCUT2D eigenvalue weighted by Crippen LogP contribution is -1.76. The Kier molecular flexibility index (Phi) is 2.63. The molecule has 0 amide bonds. The van der Waals surface area contributed by atoms with Gasteiger partial charge in [-0.2, -0.15) is 0 Å². The molecule has 1 rings (SSSR count). The van der Waals surface area contributed by atoms with Gasteiger partial charge in [0.25, 0.3) is 0 Å². The largest absolute Gasteiger partial charge is 0.245 e. The number of thiazole rings is 1. The molecule has 0 aromatic carbocycles. The zero-order valence-corrected chi connectivity index (χ0v) is 7.06. The van der Waals surface area contributed by atoms with E-state index >= 15 is 0 Å². The summed E-state index contributed by atoms with van der Waals surface area (Å²) in [7, 11) is 0. The summed E-state index contributed by atoms with van der Waals surface area (Å²) in [5.74, 6) is 0.615. The van der Waals surface area contributed by atoms with Crippen LogP contribution in [0.2, 0.25) is 0 Å². The first-order valence-corrected chi connectivity index (χ1v) is 4.24. The first kappa shape index (κ1) is 7.48. The molecule has 0 aliphatic carbocycles. The third-order valence-corrected chi connectivity index (χ3v) is 1.82. The lowest BCUT2D eigenvalue weighted by Gasteiger charge is -1.89. The van der Waals surface area contributed by atoms with Gasteiger partial charge in [0.15, 0.2) is 0 Å². The van der Waals surface area contributed by atoms with E-state index < -0.39 is 0 Å². The van der Waals surface area contributed by atoms with Gasteiger partial charge in [-0.15, -0.1) is 11.3 Å². The van der Waals surface area contributed by atoms with Crippen molar-refractivity contribution in [2.24, 2.45) is 5.92 Å². The fraction of sp³-hybridized carbons (Fsp3) is 0.375. The highest BCUT2D eigenvalue weighted by Gasteiger charge is 1.87. The molecule has 54 valence electrons. The van der Waals surface area contributed by atoms with Crippen LogP contribution in [0.15, 0.2) is 17.7 Å². The molecule has 1 heterocycles. The van der Waals surface area contributed by atoms with Crippen LogP contribution < -0.4 is 0 Å². The summed E-state index contributed by atoms with van der Waals surface area (Å²) in [6.45, 7) is 4.31. The highest BCUT2D eigenvalue weighted by Crippen LogP contribution is 2.07. The Labute approximate surface area is 65.4 Å². The van der Waals surface area contributed by atoms with E-state index in [1.54, 1.807) is 11.3 Å². The molecule has 0 saturated heterocycles. The third-order valence-electron chi connectivity index (χ3n) is 1.08. The fourth-order valence-electron chi connectivity index (χ4n) is 0.592. The highest BCUT2D eigenvalue weighted by atomic mass is 32.1. The van der Waals surface area contributed by atoms with Gasteiger partial charge in [-0.3, -0.25) is 0 Å². The van der Waals surface area contributed by atoms with Crippen LogP contribution in [0, 0.1) is 5.92 Å². The first-order valence-electron chi connectivity index (χ1n) is 3.37. The molecule has 0 fully saturated rings. The SMILES string of the molecule is CC(C)/C=C/c1nccs1. The van der Waals surface area contributed by atoms with Gasteiger partial charge in [0, 0.05) is 11.6 Å². The van der Waals surface area contributed by atoms with Crippen molar-refractivity contribution in [3.8, 4) is 0 Å². The summed E-state index contributed by atoms with van der Waals surface area (Å²) in [5, 5.41) is 3.08. The molecule has 1 nitrogen and oxygen atoms in total. The minimum atomic E-state index is 0.615. The van der Waals surface area contributed by atoms with Gasteiger partial charge in [-0.25, -0.2) is 4.98 Å². The Balaban J connectivity index is 2.55. The quantitative estimate of drug-likeness (QED) is 0.636. The van der Waals surface area contributed by atoms with Gasteiger partial charge < -0.3 is 0 Å². The Morgan fingerprint density at radius 3 is 2.90 bits per heavy atom. The van der Waals surface area contributed by atoms with E-state index in [4.69, 9.17) is 0 Å². The topological polar surface area (TPSA) is 12.9 Å². The van der Waals surface area contributed by atoms with Crippen molar-refractivity contribution in [2.45, 2.75) is 13.8 Å². The van der Waals surface area contributed by atoms with Crippen LogP contribution in [0.5, 0.6) is 0 Å². The summed E-state index contributed by atoms with van der Waals surface area (Å²) in [6, 6.07) is 0. The van der Waals surface area contributed by atoms with Crippen molar-refractivity contribution in [1.29, 1.82) is 0 Å². The molecule has 0 saturated carbocycles. The summed E-state index contributed by atoms with van der Waals surface area (Å²) >= 11 is 1.67. The van der Waals surface area contributed by atoms with Crippen molar-refractivity contribution in [3.05, 3.63) is 22.7 Å². The van der Waals surface area contributed by atoms with Crippen molar-refractivity contribution >= 4 is 17.4 Å². The van der Waals surface area contributed by atoms with Crippen LogP contribution in [0.3, 0.4) is 0 Å². The molecule has 0 spiro atoms. The molecular formula is C8H11NS. The second kappa shape index (κ2) is 3.52. The first-order chi connectivity index (χ1) is 4.79. The van der Waals surface area contributed by atoms with Gasteiger partial charge in [0.05, 0.1) is 0 Å². The number of nitrogens with zero attached hydrogens (tertiary/aromatic N) is 1. The predicted molar refractivity (Wildman–Crippen MR) is 46.0 cm³/mol. The monoisotopic (exact) mass is 153 g/mol.